The molecule has 37 heavy (non-hydrogen) atoms. The van der Waals surface area contributed by atoms with Gasteiger partial charge in [-0.2, -0.15) is 96.6 Å². The lowest BCUT2D eigenvalue weighted by molar-refractivity contribution is -0.501. The first-order chi connectivity index (χ1) is 15.4. The van der Waals surface area contributed by atoms with E-state index in [1.54, 1.807) is 0 Å². The van der Waals surface area contributed by atoms with E-state index in [0.29, 0.717) is 0 Å². The van der Waals surface area contributed by atoms with Crippen molar-refractivity contribution in [2.45, 2.75) is 60.0 Å². The summed E-state index contributed by atoms with van der Waals surface area (Å²) in [5.41, 5.74) is -17.1. The zero-order chi connectivity index (χ0) is 30.9. The van der Waals surface area contributed by atoms with Gasteiger partial charge in [-0.15, -0.1) is 0 Å². The Hall–Kier alpha value is -1.43. The molecule has 27 heteroatoms. The Bertz CT molecular complexity index is 782. The van der Waals surface area contributed by atoms with Crippen LogP contribution in [0.1, 0.15) is 0 Å². The summed E-state index contributed by atoms with van der Waals surface area (Å²) in [6, 6.07) is 0. The molecule has 0 fully saturated rings. The van der Waals surface area contributed by atoms with Crippen molar-refractivity contribution < 1.29 is 116 Å². The predicted molar refractivity (Wildman–Crippen MR) is 63.7 cm³/mol. The van der Waals surface area contributed by atoms with Crippen LogP contribution >= 0.6 is 7.37 Å². The van der Waals surface area contributed by atoms with Gasteiger partial charge in [0.2, 0.25) is 0 Å². The third-order valence-corrected chi connectivity index (χ3v) is 5.50. The molecule has 0 aliphatic heterocycles. The quantitative estimate of drug-likeness (QED) is 0.226. The van der Waals surface area contributed by atoms with E-state index in [2.05, 4.69) is 0 Å². The fraction of sp³-hybridized carbons (Fsp3) is 1.00. The summed E-state index contributed by atoms with van der Waals surface area (Å²) in [7, 11) is -9.94. The van der Waals surface area contributed by atoms with Crippen molar-refractivity contribution in [1.82, 2.24) is 0 Å². The number of halogens is 22. The van der Waals surface area contributed by atoms with Crippen LogP contribution in [0.3, 0.4) is 0 Å². The number of hydrogen-bond donors (Lipinski definition) is 1. The smallest absolute Gasteiger partial charge is 0.336 e. The van der Waals surface area contributed by atoms with E-state index in [1.807, 2.05) is 0 Å². The Labute approximate surface area is 184 Å². The molecular weight excluding hydrogens is 633 g/mol. The monoisotopic (exact) mass is 634 g/mol. The minimum atomic E-state index is -9.94. The number of alkyl halides is 22. The number of ether oxygens (including phenoxy) is 2. The van der Waals surface area contributed by atoms with Gasteiger partial charge in [0.15, 0.2) is 0 Å². The Kier molecular flexibility index (Phi) is 8.45. The second kappa shape index (κ2) is 8.79. The zero-order valence-electron chi connectivity index (χ0n) is 15.4. The molecule has 0 spiro atoms. The van der Waals surface area contributed by atoms with Gasteiger partial charge in [-0.1, -0.05) is 0 Å². The van der Waals surface area contributed by atoms with Gasteiger partial charge in [-0.25, -0.2) is 0 Å². The molecule has 0 unspecified atom stereocenters. The molecule has 0 rings (SSSR count). The molecule has 0 bridgehead atoms. The van der Waals surface area contributed by atoms with Gasteiger partial charge in [-0.3, -0.25) is 14.0 Å². The maximum Gasteiger partial charge on any atom is 0.458 e. The SMILES string of the molecule is O=P(O)(C(F)(F)C(F)(F)OC(F)(C(F)(F)F)C(F)(F)F)C(F)(F)C(F)(F)OC(F)(C(F)(F)F)C(F)(F)F. The molecule has 0 atom stereocenters. The Morgan fingerprint density at radius 2 is 0.568 bits per heavy atom. The van der Waals surface area contributed by atoms with E-state index < -0.39 is 67.3 Å². The van der Waals surface area contributed by atoms with Gasteiger partial charge in [0.25, 0.3) is 0 Å². The van der Waals surface area contributed by atoms with Crippen molar-refractivity contribution in [3.05, 3.63) is 0 Å². The summed E-state index contributed by atoms with van der Waals surface area (Å²) in [6.07, 6.45) is -48.6. The van der Waals surface area contributed by atoms with Crippen LogP contribution in [0.25, 0.3) is 0 Å². The van der Waals surface area contributed by atoms with Crippen molar-refractivity contribution in [2.75, 3.05) is 0 Å². The molecule has 1 N–H and O–H groups in total. The normalized spacial score (nSPS) is 16.8. The van der Waals surface area contributed by atoms with Crippen LogP contribution in [0.15, 0.2) is 0 Å². The number of rotatable bonds is 8. The molecule has 0 aliphatic carbocycles. The Morgan fingerprint density at radius 1 is 0.405 bits per heavy atom. The summed E-state index contributed by atoms with van der Waals surface area (Å²) in [5, 5.41) is 0. The fourth-order valence-electron chi connectivity index (χ4n) is 1.56. The van der Waals surface area contributed by atoms with Gasteiger partial charge in [0.05, 0.1) is 0 Å². The van der Waals surface area contributed by atoms with Gasteiger partial charge in [0.1, 0.15) is 0 Å². The van der Waals surface area contributed by atoms with Gasteiger partial charge in [0, 0.05) is 0 Å². The molecule has 0 heterocycles. The second-order valence-electron chi connectivity index (χ2n) is 6.08. The van der Waals surface area contributed by atoms with Crippen molar-refractivity contribution in [3.63, 3.8) is 0 Å². The van der Waals surface area contributed by atoms with Gasteiger partial charge in [-0.05, 0) is 0 Å². The summed E-state index contributed by atoms with van der Waals surface area (Å²) < 4.78 is 293. The highest BCUT2D eigenvalue weighted by atomic mass is 31.2. The van der Waals surface area contributed by atoms with Crippen LogP contribution in [-0.2, 0) is 14.0 Å². The van der Waals surface area contributed by atoms with Crippen LogP contribution < -0.4 is 0 Å². The average molecular weight is 634 g/mol. The average Bonchev–Trinajstić information content (AvgIpc) is 2.56. The third kappa shape index (κ3) is 5.38. The lowest BCUT2D eigenvalue weighted by Gasteiger charge is -2.40. The standard InChI is InChI=1S/C10HF22O4P/c11-1(3(13,14)15,4(16,17)18)35-7(25,26)9(29,30)37(33,34)10(31,32)8(27,28)36-2(12,5(19,20)21)6(22,23)24/h(H,33,34). The second-order valence-corrected chi connectivity index (χ2v) is 8.35. The van der Waals surface area contributed by atoms with Gasteiger partial charge < -0.3 is 4.89 Å². The van der Waals surface area contributed by atoms with Crippen LogP contribution in [0.2, 0.25) is 0 Å². The summed E-state index contributed by atoms with van der Waals surface area (Å²) in [5.74, 6) is -16.2. The molecule has 0 aromatic rings. The molecule has 0 saturated carbocycles. The summed E-state index contributed by atoms with van der Waals surface area (Å²) in [4.78, 5) is 8.41. The minimum absolute atomic E-state index is 1.04. The van der Waals surface area contributed by atoms with Gasteiger partial charge >= 0.3 is 67.3 Å². The maximum atomic E-state index is 13.5. The van der Waals surface area contributed by atoms with Crippen molar-refractivity contribution in [3.8, 4) is 0 Å². The molecule has 0 aromatic heterocycles. The highest BCUT2D eigenvalue weighted by Gasteiger charge is 2.89. The van der Waals surface area contributed by atoms with Crippen LogP contribution in [0.5, 0.6) is 0 Å². The van der Waals surface area contributed by atoms with E-state index in [-0.39, 0.29) is 0 Å². The number of hydrogen-bond acceptors (Lipinski definition) is 3. The third-order valence-electron chi connectivity index (χ3n) is 3.46. The first-order valence-electron chi connectivity index (χ1n) is 7.30. The lowest BCUT2D eigenvalue weighted by atomic mass is 10.3. The highest BCUT2D eigenvalue weighted by Crippen LogP contribution is 2.76. The Morgan fingerprint density at radius 3 is 0.703 bits per heavy atom. The highest BCUT2D eigenvalue weighted by molar-refractivity contribution is 7.60. The first kappa shape index (κ1) is 35.6. The molecule has 0 saturated heterocycles. The van der Waals surface area contributed by atoms with Crippen molar-refractivity contribution in [2.24, 2.45) is 0 Å². The summed E-state index contributed by atoms with van der Waals surface area (Å²) in [6.45, 7) is 0. The van der Waals surface area contributed by atoms with E-state index in [0.717, 1.165) is 9.47 Å². The zero-order valence-corrected chi connectivity index (χ0v) is 16.3. The fourth-order valence-corrected chi connectivity index (χ4v) is 2.71. The predicted octanol–water partition coefficient (Wildman–Crippen LogP) is 7.24. The first-order valence-corrected chi connectivity index (χ1v) is 8.96. The minimum Gasteiger partial charge on any atom is -0.336 e. The van der Waals surface area contributed by atoms with E-state index >= 15 is 0 Å². The van der Waals surface area contributed by atoms with Crippen molar-refractivity contribution >= 4 is 7.37 Å². The Balaban J connectivity index is 6.92. The summed E-state index contributed by atoms with van der Waals surface area (Å²) >= 11 is 0. The van der Waals surface area contributed by atoms with Crippen LogP contribution in [0, 0.1) is 0 Å². The molecule has 0 amide bonds. The lowest BCUT2D eigenvalue weighted by Crippen LogP contribution is -2.63. The molecule has 0 aromatic carbocycles. The van der Waals surface area contributed by atoms with E-state index in [1.165, 1.54) is 0 Å². The molecule has 0 radical (unpaired) electrons. The maximum absolute atomic E-state index is 13.5. The molecule has 4 nitrogen and oxygen atoms in total. The van der Waals surface area contributed by atoms with E-state index in [9.17, 15) is 101 Å². The molecular formula is C10HF22O4P. The topological polar surface area (TPSA) is 55.8 Å². The van der Waals surface area contributed by atoms with Crippen LogP contribution in [-0.4, -0.2) is 64.9 Å². The molecule has 0 aliphatic rings. The largest absolute Gasteiger partial charge is 0.458 e. The molecule has 224 valence electrons. The van der Waals surface area contributed by atoms with Crippen molar-refractivity contribution in [1.29, 1.82) is 0 Å². The van der Waals surface area contributed by atoms with Crippen LogP contribution in [0.4, 0.5) is 96.6 Å². The van der Waals surface area contributed by atoms with E-state index in [4.69, 9.17) is 4.89 Å².